The molecule has 110 valence electrons. The zero-order valence-electron chi connectivity index (χ0n) is 11.9. The van der Waals surface area contributed by atoms with E-state index in [0.29, 0.717) is 25.1 Å². The Kier molecular flexibility index (Phi) is 3.70. The fourth-order valence-corrected chi connectivity index (χ4v) is 2.79. The van der Waals surface area contributed by atoms with Crippen molar-refractivity contribution < 1.29 is 9.90 Å². The molecule has 2 atom stereocenters. The van der Waals surface area contributed by atoms with Crippen molar-refractivity contribution >= 4 is 5.91 Å². The molecular weight excluding hydrogens is 268 g/mol. The van der Waals surface area contributed by atoms with Gasteiger partial charge in [0.25, 0.3) is 5.91 Å². The number of aliphatic hydroxyl groups excluding tert-OH is 1. The molecule has 3 heterocycles. The lowest BCUT2D eigenvalue weighted by Gasteiger charge is -2.25. The lowest BCUT2D eigenvalue weighted by molar-refractivity contribution is 0.0634. The summed E-state index contributed by atoms with van der Waals surface area (Å²) in [7, 11) is 1.85. The molecule has 0 radical (unpaired) electrons. The number of likely N-dealkylation sites (tertiary alicyclic amines) is 1. The molecule has 21 heavy (non-hydrogen) atoms. The van der Waals surface area contributed by atoms with Crippen LogP contribution >= 0.6 is 0 Å². The van der Waals surface area contributed by atoms with Crippen molar-refractivity contribution in [2.45, 2.75) is 25.0 Å². The summed E-state index contributed by atoms with van der Waals surface area (Å²) >= 11 is 0. The van der Waals surface area contributed by atoms with Gasteiger partial charge < -0.3 is 10.0 Å². The number of carbonyl (C=O) groups excluding carboxylic acids is 1. The smallest absolute Gasteiger partial charge is 0.272 e. The second kappa shape index (κ2) is 5.65. The van der Waals surface area contributed by atoms with E-state index in [1.165, 1.54) is 0 Å². The Balaban J connectivity index is 1.79. The Morgan fingerprint density at radius 3 is 3.00 bits per heavy atom. The number of nitrogens with zero attached hydrogens (tertiary/aromatic N) is 4. The predicted octanol–water partition coefficient (Wildman–Crippen LogP) is 0.633. The highest BCUT2D eigenvalue weighted by Gasteiger charge is 2.36. The van der Waals surface area contributed by atoms with Gasteiger partial charge in [-0.05, 0) is 30.5 Å². The second-order valence-corrected chi connectivity index (χ2v) is 5.36. The lowest BCUT2D eigenvalue weighted by atomic mass is 10.0. The number of amides is 1. The van der Waals surface area contributed by atoms with Crippen LogP contribution in [0.5, 0.6) is 0 Å². The van der Waals surface area contributed by atoms with E-state index in [9.17, 15) is 9.90 Å². The Morgan fingerprint density at radius 1 is 1.48 bits per heavy atom. The average molecular weight is 286 g/mol. The minimum absolute atomic E-state index is 0.124. The van der Waals surface area contributed by atoms with Crippen molar-refractivity contribution in [1.29, 1.82) is 0 Å². The highest BCUT2D eigenvalue weighted by Crippen LogP contribution is 2.23. The van der Waals surface area contributed by atoms with E-state index in [2.05, 4.69) is 10.1 Å². The van der Waals surface area contributed by atoms with E-state index in [0.717, 1.165) is 5.56 Å². The van der Waals surface area contributed by atoms with Gasteiger partial charge in [-0.2, -0.15) is 5.10 Å². The van der Waals surface area contributed by atoms with Crippen LogP contribution in [0.15, 0.2) is 36.8 Å². The predicted molar refractivity (Wildman–Crippen MR) is 76.6 cm³/mol. The first kappa shape index (κ1) is 13.8. The van der Waals surface area contributed by atoms with Crippen LogP contribution in [0.25, 0.3) is 0 Å². The summed E-state index contributed by atoms with van der Waals surface area (Å²) in [6, 6.07) is 5.06. The zero-order valence-corrected chi connectivity index (χ0v) is 11.9. The monoisotopic (exact) mass is 286 g/mol. The summed E-state index contributed by atoms with van der Waals surface area (Å²) in [5, 5.41) is 14.3. The third kappa shape index (κ3) is 2.80. The van der Waals surface area contributed by atoms with Gasteiger partial charge in [0, 0.05) is 26.0 Å². The van der Waals surface area contributed by atoms with E-state index in [1.807, 2.05) is 13.2 Å². The van der Waals surface area contributed by atoms with Crippen molar-refractivity contribution in [3.05, 3.63) is 48.0 Å². The number of hydrogen-bond donors (Lipinski definition) is 1. The van der Waals surface area contributed by atoms with Gasteiger partial charge in [0.1, 0.15) is 5.69 Å². The Hall–Kier alpha value is -2.21. The third-order valence-electron chi connectivity index (χ3n) is 3.86. The van der Waals surface area contributed by atoms with E-state index in [4.69, 9.17) is 0 Å². The van der Waals surface area contributed by atoms with Crippen molar-refractivity contribution in [2.75, 3.05) is 6.54 Å². The minimum Gasteiger partial charge on any atom is -0.391 e. The number of hydrogen-bond acceptors (Lipinski definition) is 4. The second-order valence-electron chi connectivity index (χ2n) is 5.36. The van der Waals surface area contributed by atoms with Gasteiger partial charge >= 0.3 is 0 Å². The maximum Gasteiger partial charge on any atom is 0.272 e. The van der Waals surface area contributed by atoms with Gasteiger partial charge in [0.05, 0.1) is 18.3 Å². The lowest BCUT2D eigenvalue weighted by Crippen LogP contribution is -2.41. The molecule has 0 spiro atoms. The summed E-state index contributed by atoms with van der Waals surface area (Å²) in [6.07, 6.45) is 5.99. The van der Waals surface area contributed by atoms with Crippen molar-refractivity contribution in [3.63, 3.8) is 0 Å². The first-order valence-electron chi connectivity index (χ1n) is 7.03. The van der Waals surface area contributed by atoms with E-state index in [1.54, 1.807) is 40.2 Å². The molecule has 1 aliphatic rings. The van der Waals surface area contributed by atoms with Crippen molar-refractivity contribution in [3.8, 4) is 0 Å². The molecule has 3 rings (SSSR count). The van der Waals surface area contributed by atoms with Gasteiger partial charge in [0.2, 0.25) is 0 Å². The topological polar surface area (TPSA) is 71.2 Å². The molecule has 1 saturated heterocycles. The fraction of sp³-hybridized carbons (Fsp3) is 0.400. The summed E-state index contributed by atoms with van der Waals surface area (Å²) in [5.74, 6) is -0.124. The first-order valence-corrected chi connectivity index (χ1v) is 7.03. The highest BCUT2D eigenvalue weighted by atomic mass is 16.3. The molecule has 0 aliphatic carbocycles. The van der Waals surface area contributed by atoms with Crippen molar-refractivity contribution in [2.24, 2.45) is 7.05 Å². The number of pyridine rings is 1. The third-order valence-corrected chi connectivity index (χ3v) is 3.86. The van der Waals surface area contributed by atoms with Crippen LogP contribution in [0.1, 0.15) is 22.5 Å². The first-order chi connectivity index (χ1) is 10.1. The fourth-order valence-electron chi connectivity index (χ4n) is 2.79. The molecule has 1 amide bonds. The molecule has 1 fully saturated rings. The largest absolute Gasteiger partial charge is 0.391 e. The molecular formula is C15H18N4O2. The van der Waals surface area contributed by atoms with Crippen LogP contribution in [0.2, 0.25) is 0 Å². The average Bonchev–Trinajstić information content (AvgIpc) is 3.07. The molecule has 0 unspecified atom stereocenters. The molecule has 6 heteroatoms. The van der Waals surface area contributed by atoms with E-state index >= 15 is 0 Å². The molecule has 1 N–H and O–H groups in total. The summed E-state index contributed by atoms with van der Waals surface area (Å²) in [4.78, 5) is 18.4. The Morgan fingerprint density at radius 2 is 2.33 bits per heavy atom. The zero-order chi connectivity index (χ0) is 14.8. The number of aryl methyl sites for hydroxylation is 1. The standard InChI is InChI=1S/C15H18N4O2/c1-18-10-11(9-17-18)8-13-14(20)5-7-19(13)15(21)12-4-2-3-6-16-12/h2-4,6,9-10,13-14,20H,5,7-8H2,1H3/t13-,14+/m0/s1. The van der Waals surface area contributed by atoms with Gasteiger partial charge in [-0.3, -0.25) is 14.5 Å². The number of aromatic nitrogens is 3. The normalized spacial score (nSPS) is 21.7. The number of rotatable bonds is 3. The molecule has 0 aromatic carbocycles. The summed E-state index contributed by atoms with van der Waals surface area (Å²) in [5.41, 5.74) is 1.44. The number of carbonyl (C=O) groups is 1. The van der Waals surface area contributed by atoms with Gasteiger partial charge in [-0.15, -0.1) is 0 Å². The number of aliphatic hydroxyl groups is 1. The van der Waals surface area contributed by atoms with Crippen LogP contribution in [-0.4, -0.2) is 49.4 Å². The quantitative estimate of drug-likeness (QED) is 0.898. The Labute approximate surface area is 123 Å². The summed E-state index contributed by atoms with van der Waals surface area (Å²) < 4.78 is 1.72. The van der Waals surface area contributed by atoms with Crippen LogP contribution in [0.4, 0.5) is 0 Å². The van der Waals surface area contributed by atoms with Crippen LogP contribution < -0.4 is 0 Å². The maximum atomic E-state index is 12.5. The van der Waals surface area contributed by atoms with Crippen LogP contribution in [0.3, 0.4) is 0 Å². The van der Waals surface area contributed by atoms with E-state index < -0.39 is 6.10 Å². The molecule has 6 nitrogen and oxygen atoms in total. The van der Waals surface area contributed by atoms with Gasteiger partial charge in [-0.1, -0.05) is 6.07 Å². The highest BCUT2D eigenvalue weighted by molar-refractivity contribution is 5.92. The Bertz CT molecular complexity index is 626. The molecule has 2 aromatic heterocycles. The van der Waals surface area contributed by atoms with Gasteiger partial charge in [0.15, 0.2) is 0 Å². The molecule has 0 saturated carbocycles. The van der Waals surface area contributed by atoms with Gasteiger partial charge in [-0.25, -0.2) is 0 Å². The molecule has 1 aliphatic heterocycles. The molecule has 0 bridgehead atoms. The summed E-state index contributed by atoms with van der Waals surface area (Å²) in [6.45, 7) is 0.557. The maximum absolute atomic E-state index is 12.5. The minimum atomic E-state index is -0.502. The van der Waals surface area contributed by atoms with Crippen LogP contribution in [0, 0.1) is 0 Å². The molecule has 2 aromatic rings. The van der Waals surface area contributed by atoms with E-state index in [-0.39, 0.29) is 11.9 Å². The van der Waals surface area contributed by atoms with Crippen molar-refractivity contribution in [1.82, 2.24) is 19.7 Å². The SMILES string of the molecule is Cn1cc(C[C@H]2[C@H](O)CCN2C(=O)c2ccccn2)cn1. The van der Waals surface area contributed by atoms with Crippen LogP contribution in [-0.2, 0) is 13.5 Å².